The highest BCUT2D eigenvalue weighted by Gasteiger charge is 2.20. The zero-order valence-electron chi connectivity index (χ0n) is 11.2. The van der Waals surface area contributed by atoms with Gasteiger partial charge in [0.2, 0.25) is 0 Å². The lowest BCUT2D eigenvalue weighted by Gasteiger charge is -2.13. The normalized spacial score (nSPS) is 14.2. The van der Waals surface area contributed by atoms with Crippen molar-refractivity contribution in [1.82, 2.24) is 5.32 Å². The Balaban J connectivity index is 1.83. The minimum atomic E-state index is 0.660. The molecular weight excluding hydrogens is 417 g/mol. The molecule has 1 aliphatic rings. The second kappa shape index (κ2) is 6.69. The second-order valence-corrected chi connectivity index (χ2v) is 7.29. The summed E-state index contributed by atoms with van der Waals surface area (Å²) in [6, 6.07) is 12.3. The molecule has 0 heterocycles. The highest BCUT2D eigenvalue weighted by atomic mass is 79.9. The number of nitrogens with one attached hydrogen (secondary N) is 1. The fraction of sp³-hybridized carbons (Fsp3) is 0.250. The van der Waals surface area contributed by atoms with Crippen LogP contribution in [0.5, 0.6) is 11.5 Å². The lowest BCUT2D eigenvalue weighted by Crippen LogP contribution is -2.15. The zero-order valence-corrected chi connectivity index (χ0v) is 15.1. The molecule has 5 heteroatoms. The first-order valence-electron chi connectivity index (χ1n) is 6.76. The van der Waals surface area contributed by atoms with E-state index in [9.17, 15) is 0 Å². The average Bonchev–Trinajstić information content (AvgIpc) is 3.25. The maximum Gasteiger partial charge on any atom is 0.141 e. The molecule has 2 nitrogen and oxygen atoms in total. The van der Waals surface area contributed by atoms with Gasteiger partial charge in [-0.2, -0.15) is 0 Å². The van der Waals surface area contributed by atoms with Crippen molar-refractivity contribution in [3.05, 3.63) is 55.9 Å². The number of ether oxygens (including phenoxy) is 1. The highest BCUT2D eigenvalue weighted by molar-refractivity contribution is 9.11. The van der Waals surface area contributed by atoms with Gasteiger partial charge in [0.15, 0.2) is 0 Å². The Bertz CT molecular complexity index is 659. The molecule has 0 unspecified atom stereocenters. The van der Waals surface area contributed by atoms with Gasteiger partial charge in [0, 0.05) is 27.6 Å². The zero-order chi connectivity index (χ0) is 14.8. The van der Waals surface area contributed by atoms with Crippen molar-refractivity contribution >= 4 is 43.5 Å². The molecule has 0 radical (unpaired) electrons. The van der Waals surface area contributed by atoms with Crippen LogP contribution in [0.25, 0.3) is 0 Å². The summed E-state index contributed by atoms with van der Waals surface area (Å²) in [6.45, 7) is 0.797. The van der Waals surface area contributed by atoms with Crippen molar-refractivity contribution in [1.29, 1.82) is 0 Å². The van der Waals surface area contributed by atoms with E-state index < -0.39 is 0 Å². The predicted octanol–water partition coefficient (Wildman–Crippen LogP) is 5.91. The van der Waals surface area contributed by atoms with Crippen molar-refractivity contribution < 1.29 is 4.74 Å². The summed E-state index contributed by atoms with van der Waals surface area (Å²) in [5.41, 5.74) is 1.11. The van der Waals surface area contributed by atoms with Gasteiger partial charge in [0.25, 0.3) is 0 Å². The summed E-state index contributed by atoms with van der Waals surface area (Å²) in [5.74, 6) is 1.56. The van der Waals surface area contributed by atoms with E-state index in [2.05, 4.69) is 37.2 Å². The molecule has 0 amide bonds. The van der Waals surface area contributed by atoms with Gasteiger partial charge in [-0.3, -0.25) is 0 Å². The molecule has 21 heavy (non-hydrogen) atoms. The first-order valence-corrected chi connectivity index (χ1v) is 8.73. The van der Waals surface area contributed by atoms with Crippen molar-refractivity contribution in [2.75, 3.05) is 0 Å². The van der Waals surface area contributed by atoms with Crippen molar-refractivity contribution in [2.45, 2.75) is 25.4 Å². The van der Waals surface area contributed by atoms with E-state index >= 15 is 0 Å². The van der Waals surface area contributed by atoms with Gasteiger partial charge in [-0.1, -0.05) is 33.6 Å². The van der Waals surface area contributed by atoms with E-state index in [1.807, 2.05) is 36.4 Å². The number of rotatable bonds is 5. The van der Waals surface area contributed by atoms with E-state index in [0.717, 1.165) is 32.6 Å². The Labute approximate surface area is 146 Å². The summed E-state index contributed by atoms with van der Waals surface area (Å²) in [5, 5.41) is 4.17. The van der Waals surface area contributed by atoms with Gasteiger partial charge < -0.3 is 10.1 Å². The predicted molar refractivity (Wildman–Crippen MR) is 93.2 cm³/mol. The fourth-order valence-corrected chi connectivity index (χ4v) is 3.28. The Morgan fingerprint density at radius 3 is 2.62 bits per heavy atom. The van der Waals surface area contributed by atoms with Crippen LogP contribution in [0.4, 0.5) is 0 Å². The third-order valence-electron chi connectivity index (χ3n) is 3.30. The molecule has 1 fully saturated rings. The van der Waals surface area contributed by atoms with Gasteiger partial charge in [0.1, 0.15) is 11.5 Å². The fourth-order valence-electron chi connectivity index (χ4n) is 1.99. The Kier molecular flexibility index (Phi) is 4.89. The maximum atomic E-state index is 6.10. The smallest absolute Gasteiger partial charge is 0.141 e. The summed E-state index contributed by atoms with van der Waals surface area (Å²) in [7, 11) is 0. The molecule has 1 N–H and O–H groups in total. The Morgan fingerprint density at radius 2 is 1.90 bits per heavy atom. The topological polar surface area (TPSA) is 21.3 Å². The quantitative estimate of drug-likeness (QED) is 0.636. The van der Waals surface area contributed by atoms with Crippen molar-refractivity contribution in [3.8, 4) is 11.5 Å². The summed E-state index contributed by atoms with van der Waals surface area (Å²) in [6.07, 6.45) is 2.53. The minimum Gasteiger partial charge on any atom is -0.456 e. The van der Waals surface area contributed by atoms with Gasteiger partial charge in [-0.05, 0) is 59.1 Å². The first kappa shape index (κ1) is 15.3. The van der Waals surface area contributed by atoms with E-state index in [1.165, 1.54) is 12.8 Å². The minimum absolute atomic E-state index is 0.660. The van der Waals surface area contributed by atoms with Crippen LogP contribution >= 0.6 is 43.5 Å². The molecule has 0 saturated heterocycles. The second-order valence-electron chi connectivity index (χ2n) is 5.08. The van der Waals surface area contributed by atoms with E-state index in [-0.39, 0.29) is 0 Å². The van der Waals surface area contributed by atoms with E-state index in [0.29, 0.717) is 11.1 Å². The lowest BCUT2D eigenvalue weighted by molar-refractivity contribution is 0.469. The lowest BCUT2D eigenvalue weighted by atomic mass is 10.2. The number of hydrogen-bond acceptors (Lipinski definition) is 2. The van der Waals surface area contributed by atoms with Crippen LogP contribution in [0.3, 0.4) is 0 Å². The third-order valence-corrected chi connectivity index (χ3v) is 4.65. The number of benzene rings is 2. The van der Waals surface area contributed by atoms with Gasteiger partial charge in [0.05, 0.1) is 4.47 Å². The SMILES string of the molecule is Clc1ccc(CNC2CC2)c(Oc2ccc(Br)cc2Br)c1. The molecule has 0 aromatic heterocycles. The molecule has 110 valence electrons. The van der Waals surface area contributed by atoms with Crippen LogP contribution in [-0.2, 0) is 6.54 Å². The summed E-state index contributed by atoms with van der Waals surface area (Å²) < 4.78 is 7.94. The van der Waals surface area contributed by atoms with E-state index in [4.69, 9.17) is 16.3 Å². The molecule has 0 atom stereocenters. The Morgan fingerprint density at radius 1 is 1.10 bits per heavy atom. The van der Waals surface area contributed by atoms with Crippen LogP contribution in [0, 0.1) is 0 Å². The maximum absolute atomic E-state index is 6.10. The third kappa shape index (κ3) is 4.22. The van der Waals surface area contributed by atoms with Gasteiger partial charge in [-0.25, -0.2) is 0 Å². The molecular formula is C16H14Br2ClNO. The highest BCUT2D eigenvalue weighted by Crippen LogP contribution is 2.35. The monoisotopic (exact) mass is 429 g/mol. The molecule has 0 spiro atoms. The largest absolute Gasteiger partial charge is 0.456 e. The van der Waals surface area contributed by atoms with Crippen LogP contribution in [0.2, 0.25) is 5.02 Å². The summed E-state index contributed by atoms with van der Waals surface area (Å²) in [4.78, 5) is 0. The molecule has 0 bridgehead atoms. The van der Waals surface area contributed by atoms with Crippen LogP contribution in [0.1, 0.15) is 18.4 Å². The Hall–Kier alpha value is -0.550. The van der Waals surface area contributed by atoms with Crippen LogP contribution in [-0.4, -0.2) is 6.04 Å². The van der Waals surface area contributed by atoms with Gasteiger partial charge >= 0.3 is 0 Å². The molecule has 1 saturated carbocycles. The molecule has 2 aromatic rings. The molecule has 2 aromatic carbocycles. The number of halogens is 3. The number of hydrogen-bond donors (Lipinski definition) is 1. The van der Waals surface area contributed by atoms with Crippen LogP contribution < -0.4 is 10.1 Å². The van der Waals surface area contributed by atoms with Crippen molar-refractivity contribution in [2.24, 2.45) is 0 Å². The average molecular weight is 432 g/mol. The van der Waals surface area contributed by atoms with Crippen molar-refractivity contribution in [3.63, 3.8) is 0 Å². The molecule has 3 rings (SSSR count). The summed E-state index contributed by atoms with van der Waals surface area (Å²) >= 11 is 13.1. The molecule has 0 aliphatic heterocycles. The molecule has 1 aliphatic carbocycles. The van der Waals surface area contributed by atoms with E-state index in [1.54, 1.807) is 0 Å². The van der Waals surface area contributed by atoms with Crippen LogP contribution in [0.15, 0.2) is 45.3 Å². The first-order chi connectivity index (χ1) is 10.1. The standard InChI is InChI=1S/C16H14Br2ClNO/c17-11-2-6-15(14(18)7-11)21-16-8-12(19)3-1-10(16)9-20-13-4-5-13/h1-3,6-8,13,20H,4-5,9H2. The van der Waals surface area contributed by atoms with Gasteiger partial charge in [-0.15, -0.1) is 0 Å².